The highest BCUT2D eigenvalue weighted by molar-refractivity contribution is 9.27. The summed E-state index contributed by atoms with van der Waals surface area (Å²) >= 11 is 17.6. The van der Waals surface area contributed by atoms with Gasteiger partial charge in [-0.2, -0.15) is 0 Å². The Labute approximate surface area is 78.4 Å². The van der Waals surface area contributed by atoms with Crippen LogP contribution in [0.4, 0.5) is 0 Å². The molecule has 2 unspecified atom stereocenters. The van der Waals surface area contributed by atoms with Gasteiger partial charge in [-0.3, -0.25) is 0 Å². The van der Waals surface area contributed by atoms with Gasteiger partial charge in [0.15, 0.2) is 23.6 Å². The first-order chi connectivity index (χ1) is 3.63. The summed E-state index contributed by atoms with van der Waals surface area (Å²) in [5.74, 6) is 0. The van der Waals surface area contributed by atoms with E-state index in [1.54, 1.807) is 20.8 Å². The van der Waals surface area contributed by atoms with Crippen molar-refractivity contribution in [1.29, 1.82) is 0 Å². The average Bonchev–Trinajstić information content (AvgIpc) is 1.61. The molecule has 8 heteroatoms. The van der Waals surface area contributed by atoms with Crippen LogP contribution in [0.2, 0.25) is 0 Å². The third-order valence-corrected chi connectivity index (χ3v) is 13.0. The summed E-state index contributed by atoms with van der Waals surface area (Å²) in [7, 11) is 3.10. The molecule has 0 N–H and O–H groups in total. The molecule has 0 aromatic heterocycles. The van der Waals surface area contributed by atoms with E-state index in [1.165, 1.54) is 0 Å². The molecule has 0 aliphatic heterocycles. The van der Waals surface area contributed by atoms with E-state index in [2.05, 4.69) is 24.5 Å². The van der Waals surface area contributed by atoms with Gasteiger partial charge in [-0.25, -0.2) is 0 Å². The van der Waals surface area contributed by atoms with Gasteiger partial charge in [-0.05, 0) is 0 Å². The first-order valence-corrected chi connectivity index (χ1v) is 11.7. The predicted molar refractivity (Wildman–Crippen MR) is 61.7 cm³/mol. The molecule has 0 radical (unpaired) electrons. The Morgan fingerprint density at radius 2 is 1.25 bits per heavy atom. The van der Waals surface area contributed by atoms with Crippen molar-refractivity contribution in [3.05, 3.63) is 0 Å². The smallest absolute Gasteiger partial charge is 0.0916 e. The fourth-order valence-electron chi connectivity index (χ4n) is 0.0570. The van der Waals surface area contributed by atoms with Crippen LogP contribution in [-0.4, -0.2) is 0 Å². The second-order valence-corrected chi connectivity index (χ2v) is 16.9. The zero-order valence-corrected chi connectivity index (χ0v) is 10.3. The Morgan fingerprint density at radius 3 is 1.38 bits per heavy atom. The largest absolute Gasteiger partial charge is 0.329 e. The minimum atomic E-state index is -0.575. The van der Waals surface area contributed by atoms with E-state index in [0.717, 1.165) is 0 Å². The molecule has 0 fully saturated rings. The van der Waals surface area contributed by atoms with Crippen LogP contribution in [0.15, 0.2) is 0 Å². The van der Waals surface area contributed by atoms with Crippen LogP contribution in [0, 0.1) is 0 Å². The molecule has 0 spiro atoms. The molecule has 0 aliphatic carbocycles. The minimum Gasteiger partial charge on any atom is 0.0916 e. The van der Waals surface area contributed by atoms with Crippen molar-refractivity contribution in [3.8, 4) is 0 Å². The van der Waals surface area contributed by atoms with Crippen LogP contribution in [0.25, 0.3) is 0 Å². The molecule has 46 valence electrons. The SMILES string of the molecule is S=[P+](S)SS[P+](=S)S. The predicted octanol–water partition coefficient (Wildman–Crippen LogP) is 3.77. The van der Waals surface area contributed by atoms with E-state index in [-0.39, 0.29) is 0 Å². The molecule has 0 rings (SSSR count). The summed E-state index contributed by atoms with van der Waals surface area (Å²) < 4.78 is 0. The highest BCUT2D eigenvalue weighted by atomic mass is 33.7. The average molecular weight is 256 g/mol. The Morgan fingerprint density at radius 1 is 1.00 bits per heavy atom. The molecule has 0 saturated heterocycles. The maximum Gasteiger partial charge on any atom is 0.329 e. The third-order valence-electron chi connectivity index (χ3n) is 0.161. The standard InChI is InChI=1S/P2S6/c3-1(4)7-8-2(5)6/p+2. The molecule has 2 atom stereocenters. The van der Waals surface area contributed by atoms with Gasteiger partial charge in [-0.15, -0.1) is 0 Å². The van der Waals surface area contributed by atoms with E-state index in [0.29, 0.717) is 0 Å². The maximum absolute atomic E-state index is 4.80. The molecule has 0 aliphatic rings. The number of hydrogen-bond donors (Lipinski definition) is 2. The lowest BCUT2D eigenvalue weighted by molar-refractivity contribution is 5.39. The molecular weight excluding hydrogens is 254 g/mol. The fourth-order valence-corrected chi connectivity index (χ4v) is 13.9. The van der Waals surface area contributed by atoms with Crippen LogP contribution in [0.3, 0.4) is 0 Å². The van der Waals surface area contributed by atoms with Gasteiger partial charge in [0.1, 0.15) is 0 Å². The maximum atomic E-state index is 4.80. The van der Waals surface area contributed by atoms with Gasteiger partial charge in [0, 0.05) is 0 Å². The third kappa shape index (κ3) is 8.44. The van der Waals surface area contributed by atoms with Gasteiger partial charge in [0.2, 0.25) is 20.8 Å². The lowest BCUT2D eigenvalue weighted by atomic mass is 29.6. The van der Waals surface area contributed by atoms with Gasteiger partial charge in [0.25, 0.3) is 0 Å². The van der Waals surface area contributed by atoms with Crippen LogP contribution in [0.5, 0.6) is 0 Å². The normalized spacial score (nSPS) is 13.2. The van der Waals surface area contributed by atoms with Gasteiger partial charge in [0.05, 0.1) is 24.5 Å². The summed E-state index contributed by atoms with van der Waals surface area (Å²) in [5, 5.41) is -1.15. The molecule has 0 amide bonds. The summed E-state index contributed by atoms with van der Waals surface area (Å²) in [6, 6.07) is 0. The Hall–Kier alpha value is 2.44. The highest BCUT2D eigenvalue weighted by Gasteiger charge is 2.16. The Kier molecular flexibility index (Phi) is 8.05. The van der Waals surface area contributed by atoms with Crippen LogP contribution in [0.1, 0.15) is 0 Å². The van der Waals surface area contributed by atoms with E-state index < -0.39 is 10.2 Å². The summed E-state index contributed by atoms with van der Waals surface area (Å²) in [6.07, 6.45) is 0. The molecule has 0 bridgehead atoms. The molecule has 0 aromatic rings. The molecule has 0 aromatic carbocycles. The first kappa shape index (κ1) is 10.4. The molecule has 0 heterocycles. The van der Waals surface area contributed by atoms with Crippen LogP contribution < -0.4 is 0 Å². The van der Waals surface area contributed by atoms with Crippen molar-refractivity contribution in [2.24, 2.45) is 0 Å². The number of hydrogen-bond acceptors (Lipinski definition) is 4. The summed E-state index contributed by atoms with van der Waals surface area (Å²) in [6.45, 7) is 0. The quantitative estimate of drug-likeness (QED) is 0.448. The number of thiol groups is 2. The van der Waals surface area contributed by atoms with Crippen molar-refractivity contribution >= 4 is 79.1 Å². The van der Waals surface area contributed by atoms with Gasteiger partial charge < -0.3 is 0 Å². The Bertz CT molecular complexity index is 91.1. The van der Waals surface area contributed by atoms with Crippen molar-refractivity contribution in [2.75, 3.05) is 0 Å². The van der Waals surface area contributed by atoms with Gasteiger partial charge in [-0.1, -0.05) is 0 Å². The van der Waals surface area contributed by atoms with E-state index in [9.17, 15) is 0 Å². The van der Waals surface area contributed by atoms with E-state index in [1.807, 2.05) is 0 Å². The monoisotopic (exact) mass is 256 g/mol. The second kappa shape index (κ2) is 6.17. The van der Waals surface area contributed by atoms with Gasteiger partial charge >= 0.3 is 10.2 Å². The van der Waals surface area contributed by atoms with E-state index >= 15 is 0 Å². The zero-order valence-electron chi connectivity index (χ0n) is 3.42. The topological polar surface area (TPSA) is 0 Å². The van der Waals surface area contributed by atoms with Crippen molar-refractivity contribution in [1.82, 2.24) is 0 Å². The molecule has 8 heavy (non-hydrogen) atoms. The molecular formula is H2P2S6+2. The zero-order chi connectivity index (χ0) is 6.57. The molecule has 0 saturated carbocycles. The minimum absolute atomic E-state index is 0.575. The van der Waals surface area contributed by atoms with E-state index in [4.69, 9.17) is 23.6 Å². The first-order valence-electron chi connectivity index (χ1n) is 1.30. The summed E-state index contributed by atoms with van der Waals surface area (Å²) in [4.78, 5) is 0. The Balaban J connectivity index is 3.18. The van der Waals surface area contributed by atoms with Crippen molar-refractivity contribution in [2.45, 2.75) is 0 Å². The van der Waals surface area contributed by atoms with Crippen molar-refractivity contribution in [3.63, 3.8) is 0 Å². The fraction of sp³-hybridized carbons (Fsp3) is 0. The lowest BCUT2D eigenvalue weighted by Crippen LogP contribution is -1.22. The molecule has 0 nitrogen and oxygen atoms in total. The van der Waals surface area contributed by atoms with Crippen LogP contribution >= 0.6 is 55.5 Å². The van der Waals surface area contributed by atoms with Crippen molar-refractivity contribution < 1.29 is 0 Å². The number of rotatable bonds is 3. The highest BCUT2D eigenvalue weighted by Crippen LogP contribution is 2.61. The lowest BCUT2D eigenvalue weighted by Gasteiger charge is -1.65. The van der Waals surface area contributed by atoms with Crippen LogP contribution in [-0.2, 0) is 23.6 Å². The second-order valence-electron chi connectivity index (χ2n) is 0.625. The summed E-state index contributed by atoms with van der Waals surface area (Å²) in [5.41, 5.74) is 0.